The highest BCUT2D eigenvalue weighted by atomic mass is 15.2. The molecular formula is C16H28N4. The first-order valence-electron chi connectivity index (χ1n) is 7.86. The first-order valence-corrected chi connectivity index (χ1v) is 7.86. The van der Waals surface area contributed by atoms with Gasteiger partial charge < -0.3 is 5.32 Å². The molecule has 4 heteroatoms. The second-order valence-electron chi connectivity index (χ2n) is 6.14. The average molecular weight is 276 g/mol. The Morgan fingerprint density at radius 2 is 2.00 bits per heavy atom. The monoisotopic (exact) mass is 276 g/mol. The number of nitrogens with zero attached hydrogens (tertiary/aromatic N) is 3. The molecule has 20 heavy (non-hydrogen) atoms. The van der Waals surface area contributed by atoms with E-state index >= 15 is 0 Å². The van der Waals surface area contributed by atoms with E-state index in [4.69, 9.17) is 0 Å². The quantitative estimate of drug-likeness (QED) is 0.898. The van der Waals surface area contributed by atoms with Crippen LogP contribution in [0.3, 0.4) is 0 Å². The Morgan fingerprint density at radius 3 is 2.60 bits per heavy atom. The third kappa shape index (κ3) is 3.76. The summed E-state index contributed by atoms with van der Waals surface area (Å²) in [6.45, 7) is 11.1. The van der Waals surface area contributed by atoms with Gasteiger partial charge in [-0.2, -0.15) is 0 Å². The van der Waals surface area contributed by atoms with Gasteiger partial charge in [0.25, 0.3) is 0 Å². The molecular weight excluding hydrogens is 248 g/mol. The smallest absolute Gasteiger partial charge is 0.0784 e. The number of piperidine rings is 1. The van der Waals surface area contributed by atoms with Crippen LogP contribution in [0.2, 0.25) is 0 Å². The minimum atomic E-state index is 0.312. The summed E-state index contributed by atoms with van der Waals surface area (Å²) in [6, 6.07) is 1.44. The maximum Gasteiger partial charge on any atom is 0.0784 e. The van der Waals surface area contributed by atoms with E-state index < -0.39 is 0 Å². The van der Waals surface area contributed by atoms with Crippen molar-refractivity contribution >= 4 is 0 Å². The fourth-order valence-electron chi connectivity index (χ4n) is 3.14. The molecule has 112 valence electrons. The Hall–Kier alpha value is -1.00. The lowest BCUT2D eigenvalue weighted by molar-refractivity contribution is 0.135. The minimum absolute atomic E-state index is 0.312. The van der Waals surface area contributed by atoms with E-state index in [0.717, 1.165) is 24.5 Å². The molecule has 1 N–H and O–H groups in total. The molecule has 2 unspecified atom stereocenters. The van der Waals surface area contributed by atoms with Crippen LogP contribution in [0.4, 0.5) is 0 Å². The van der Waals surface area contributed by atoms with Crippen molar-refractivity contribution in [1.82, 2.24) is 20.2 Å². The maximum absolute atomic E-state index is 4.55. The number of aryl methyl sites for hydroxylation is 1. The first-order chi connectivity index (χ1) is 9.59. The van der Waals surface area contributed by atoms with E-state index in [0.29, 0.717) is 18.1 Å². The molecule has 0 aromatic carbocycles. The van der Waals surface area contributed by atoms with Crippen LogP contribution >= 0.6 is 0 Å². The van der Waals surface area contributed by atoms with Gasteiger partial charge >= 0.3 is 0 Å². The van der Waals surface area contributed by atoms with Crippen molar-refractivity contribution in [3.05, 3.63) is 23.8 Å². The summed E-state index contributed by atoms with van der Waals surface area (Å²) in [6.07, 6.45) is 7.53. The summed E-state index contributed by atoms with van der Waals surface area (Å²) in [5.74, 6) is 0. The maximum atomic E-state index is 4.55. The molecule has 1 aromatic heterocycles. The predicted octanol–water partition coefficient (Wildman–Crippen LogP) is 2.70. The fraction of sp³-hybridized carbons (Fsp3) is 0.750. The van der Waals surface area contributed by atoms with E-state index in [1.165, 1.54) is 19.3 Å². The zero-order valence-electron chi connectivity index (χ0n) is 13.3. The van der Waals surface area contributed by atoms with Crippen molar-refractivity contribution in [3.63, 3.8) is 0 Å². The van der Waals surface area contributed by atoms with Gasteiger partial charge in [0.2, 0.25) is 0 Å². The normalized spacial score (nSPS) is 21.4. The Morgan fingerprint density at radius 1 is 1.25 bits per heavy atom. The average Bonchev–Trinajstić information content (AvgIpc) is 2.45. The van der Waals surface area contributed by atoms with E-state index in [2.05, 4.69) is 47.9 Å². The molecule has 0 amide bonds. The van der Waals surface area contributed by atoms with E-state index in [1.807, 2.05) is 0 Å². The molecule has 1 fully saturated rings. The van der Waals surface area contributed by atoms with Gasteiger partial charge in [-0.15, -0.1) is 0 Å². The molecule has 2 atom stereocenters. The molecule has 0 spiro atoms. The van der Waals surface area contributed by atoms with Crippen molar-refractivity contribution in [2.45, 2.75) is 65.1 Å². The summed E-state index contributed by atoms with van der Waals surface area (Å²) in [7, 11) is 0. The van der Waals surface area contributed by atoms with E-state index in [9.17, 15) is 0 Å². The van der Waals surface area contributed by atoms with Gasteiger partial charge in [0.1, 0.15) is 0 Å². The highest BCUT2D eigenvalue weighted by Gasteiger charge is 2.25. The van der Waals surface area contributed by atoms with Crippen LogP contribution in [0.25, 0.3) is 0 Å². The number of hydrogen-bond donors (Lipinski definition) is 1. The highest BCUT2D eigenvalue weighted by Crippen LogP contribution is 2.23. The van der Waals surface area contributed by atoms with Crippen molar-refractivity contribution in [2.24, 2.45) is 0 Å². The van der Waals surface area contributed by atoms with Crippen LogP contribution < -0.4 is 5.32 Å². The summed E-state index contributed by atoms with van der Waals surface area (Å²) in [5.41, 5.74) is 2.15. The number of nitrogens with one attached hydrogen (secondary N) is 1. The summed E-state index contributed by atoms with van der Waals surface area (Å²) >= 11 is 0. The van der Waals surface area contributed by atoms with E-state index in [-0.39, 0.29) is 0 Å². The standard InChI is InChI=1S/C16H28N4/c1-12(2)20(11-15-7-5-6-8-18-15)14(4)16-13(3)17-9-10-19-16/h9-10,12,14-15,18H,5-8,11H2,1-4H3. The van der Waals surface area contributed by atoms with Gasteiger partial charge in [-0.05, 0) is 47.1 Å². The van der Waals surface area contributed by atoms with E-state index in [1.54, 1.807) is 12.4 Å². The van der Waals surface area contributed by atoms with Crippen LogP contribution in [0.15, 0.2) is 12.4 Å². The second kappa shape index (κ2) is 7.14. The molecule has 1 saturated heterocycles. The van der Waals surface area contributed by atoms with Gasteiger partial charge in [-0.3, -0.25) is 14.9 Å². The van der Waals surface area contributed by atoms with Gasteiger partial charge in [0.05, 0.1) is 17.4 Å². The molecule has 0 saturated carbocycles. The number of aromatic nitrogens is 2. The summed E-state index contributed by atoms with van der Waals surface area (Å²) in [5, 5.41) is 3.65. The third-order valence-corrected chi connectivity index (χ3v) is 4.32. The Labute approximate surface area is 123 Å². The van der Waals surface area contributed by atoms with Crippen LogP contribution in [0.5, 0.6) is 0 Å². The Balaban J connectivity index is 2.09. The van der Waals surface area contributed by atoms with Crippen LogP contribution in [-0.2, 0) is 0 Å². The van der Waals surface area contributed by atoms with Crippen molar-refractivity contribution < 1.29 is 0 Å². The SMILES string of the molecule is Cc1nccnc1C(C)N(CC1CCCCN1)C(C)C. The minimum Gasteiger partial charge on any atom is -0.313 e. The van der Waals surface area contributed by atoms with Crippen molar-refractivity contribution in [3.8, 4) is 0 Å². The highest BCUT2D eigenvalue weighted by molar-refractivity contribution is 5.13. The number of rotatable bonds is 5. The van der Waals surface area contributed by atoms with Gasteiger partial charge in [0.15, 0.2) is 0 Å². The second-order valence-corrected chi connectivity index (χ2v) is 6.14. The molecule has 4 nitrogen and oxygen atoms in total. The molecule has 1 aliphatic heterocycles. The molecule has 1 aliphatic rings. The van der Waals surface area contributed by atoms with Crippen LogP contribution in [0, 0.1) is 6.92 Å². The molecule has 2 heterocycles. The Kier molecular flexibility index (Phi) is 5.49. The number of hydrogen-bond acceptors (Lipinski definition) is 4. The first kappa shape index (κ1) is 15.4. The van der Waals surface area contributed by atoms with Crippen molar-refractivity contribution in [1.29, 1.82) is 0 Å². The van der Waals surface area contributed by atoms with Gasteiger partial charge in [-0.1, -0.05) is 6.42 Å². The molecule has 0 bridgehead atoms. The van der Waals surface area contributed by atoms with Gasteiger partial charge in [0, 0.05) is 31.0 Å². The lowest BCUT2D eigenvalue weighted by atomic mass is 10.0. The zero-order valence-corrected chi connectivity index (χ0v) is 13.3. The molecule has 1 aromatic rings. The molecule has 0 aliphatic carbocycles. The Bertz CT molecular complexity index is 413. The van der Waals surface area contributed by atoms with Crippen molar-refractivity contribution in [2.75, 3.05) is 13.1 Å². The van der Waals surface area contributed by atoms with Crippen LogP contribution in [-0.4, -0.2) is 40.0 Å². The summed E-state index contributed by atoms with van der Waals surface area (Å²) < 4.78 is 0. The molecule has 0 radical (unpaired) electrons. The predicted molar refractivity (Wildman–Crippen MR) is 82.7 cm³/mol. The zero-order chi connectivity index (χ0) is 14.5. The van der Waals surface area contributed by atoms with Gasteiger partial charge in [-0.25, -0.2) is 0 Å². The topological polar surface area (TPSA) is 41.1 Å². The lowest BCUT2D eigenvalue weighted by Crippen LogP contribution is -2.47. The lowest BCUT2D eigenvalue weighted by Gasteiger charge is -2.37. The fourth-order valence-corrected chi connectivity index (χ4v) is 3.14. The van der Waals surface area contributed by atoms with Crippen LogP contribution in [0.1, 0.15) is 57.5 Å². The summed E-state index contributed by atoms with van der Waals surface area (Å²) in [4.78, 5) is 11.5. The largest absolute Gasteiger partial charge is 0.313 e. The molecule has 2 rings (SSSR count). The third-order valence-electron chi connectivity index (χ3n) is 4.32.